The highest BCUT2D eigenvalue weighted by Crippen LogP contribution is 2.62. The highest BCUT2D eigenvalue weighted by molar-refractivity contribution is 6.17. The monoisotopic (exact) mass is 552 g/mol. The molecule has 1 spiro atoms. The van der Waals surface area contributed by atoms with E-state index in [1.54, 1.807) is 42.5 Å². The van der Waals surface area contributed by atoms with Gasteiger partial charge in [-0.15, -0.1) is 0 Å². The van der Waals surface area contributed by atoms with Gasteiger partial charge in [0.15, 0.2) is 11.6 Å². The first-order chi connectivity index (χ1) is 20.6. The maximum Gasteiger partial charge on any atom is 0.238 e. The van der Waals surface area contributed by atoms with Gasteiger partial charge < -0.3 is 15.0 Å². The fourth-order valence-corrected chi connectivity index (χ4v) is 7.05. The summed E-state index contributed by atoms with van der Waals surface area (Å²) in [5.74, 6) is -1.52. The molecule has 0 aliphatic carbocycles. The number of amides is 1. The van der Waals surface area contributed by atoms with Crippen LogP contribution in [0.4, 0.5) is 5.69 Å². The molecule has 4 aromatic carbocycles. The van der Waals surface area contributed by atoms with E-state index >= 15 is 4.79 Å². The molecule has 0 radical (unpaired) electrons. The Bertz CT molecular complexity index is 1780. The predicted octanol–water partition coefficient (Wildman–Crippen LogP) is 6.23. The number of ether oxygens (including phenoxy) is 1. The summed E-state index contributed by atoms with van der Waals surface area (Å²) in [6.45, 7) is 3.95. The molecule has 1 saturated heterocycles. The summed E-state index contributed by atoms with van der Waals surface area (Å²) >= 11 is 0. The van der Waals surface area contributed by atoms with Gasteiger partial charge in [-0.3, -0.25) is 14.4 Å². The highest BCUT2D eigenvalue weighted by Gasteiger charge is 2.70. The number of fused-ring (bicyclic) bond motifs is 6. The van der Waals surface area contributed by atoms with Crippen molar-refractivity contribution in [3.63, 3.8) is 0 Å². The van der Waals surface area contributed by atoms with Crippen LogP contribution in [0.15, 0.2) is 122 Å². The van der Waals surface area contributed by atoms with Crippen LogP contribution in [0.2, 0.25) is 0 Å². The molecule has 6 heteroatoms. The Hall–Kier alpha value is -5.23. The van der Waals surface area contributed by atoms with Gasteiger partial charge in [0, 0.05) is 17.5 Å². The van der Waals surface area contributed by atoms with Gasteiger partial charge in [-0.25, -0.2) is 0 Å². The van der Waals surface area contributed by atoms with Crippen molar-refractivity contribution in [1.29, 1.82) is 0 Å². The Labute approximate surface area is 243 Å². The van der Waals surface area contributed by atoms with Crippen molar-refractivity contribution in [3.05, 3.63) is 150 Å². The molecule has 1 fully saturated rings. The normalized spacial score (nSPS) is 23.1. The van der Waals surface area contributed by atoms with Crippen molar-refractivity contribution in [2.45, 2.75) is 17.5 Å². The molecule has 1 amide bonds. The average molecular weight is 553 g/mol. The quantitative estimate of drug-likeness (QED) is 0.217. The first kappa shape index (κ1) is 25.7. The number of carbonyl (C=O) groups excluding carboxylic acids is 3. The molecule has 42 heavy (non-hydrogen) atoms. The van der Waals surface area contributed by atoms with Crippen LogP contribution in [0.25, 0.3) is 6.08 Å². The van der Waals surface area contributed by atoms with Gasteiger partial charge in [0.2, 0.25) is 5.91 Å². The van der Waals surface area contributed by atoms with Crippen molar-refractivity contribution in [3.8, 4) is 5.75 Å². The van der Waals surface area contributed by atoms with E-state index in [2.05, 4.69) is 11.9 Å². The van der Waals surface area contributed by atoms with Gasteiger partial charge in [-0.1, -0.05) is 97.6 Å². The Morgan fingerprint density at radius 1 is 0.881 bits per heavy atom. The summed E-state index contributed by atoms with van der Waals surface area (Å²) in [6.07, 6.45) is 5.45. The van der Waals surface area contributed by atoms with E-state index < -0.39 is 23.4 Å². The van der Waals surface area contributed by atoms with Crippen LogP contribution in [0.3, 0.4) is 0 Å². The maximum atomic E-state index is 15.1. The third kappa shape index (κ3) is 3.61. The third-order valence-electron chi connectivity index (χ3n) is 8.69. The van der Waals surface area contributed by atoms with Gasteiger partial charge in [-0.05, 0) is 41.0 Å². The molecule has 6 nitrogen and oxygen atoms in total. The molecular formula is C36H28N2O4. The molecule has 1 N–H and O–H groups in total. The van der Waals surface area contributed by atoms with E-state index in [0.29, 0.717) is 28.1 Å². The summed E-state index contributed by atoms with van der Waals surface area (Å²) in [7, 11) is 0. The van der Waals surface area contributed by atoms with Gasteiger partial charge >= 0.3 is 0 Å². The lowest BCUT2D eigenvalue weighted by atomic mass is 9.62. The molecule has 3 aliphatic heterocycles. The minimum atomic E-state index is -1.39. The Balaban J connectivity index is 1.53. The van der Waals surface area contributed by atoms with Gasteiger partial charge in [0.25, 0.3) is 0 Å². The number of nitrogens with zero attached hydrogens (tertiary/aromatic N) is 1. The SMILES string of the molecule is C=CCOc1ccccc1C(=O)[C@@H]1[C@@H](C(=O)c2ccccc2)N2C=Cc3ccccc3[C@@H]2[C@]12C(=O)Nc1ccccc12. The summed E-state index contributed by atoms with van der Waals surface area (Å²) in [4.78, 5) is 46.1. The predicted molar refractivity (Wildman–Crippen MR) is 161 cm³/mol. The van der Waals surface area contributed by atoms with Crippen LogP contribution in [0.5, 0.6) is 5.75 Å². The maximum absolute atomic E-state index is 15.1. The average Bonchev–Trinajstić information content (AvgIpc) is 3.52. The van der Waals surface area contributed by atoms with Crippen LogP contribution in [-0.4, -0.2) is 35.0 Å². The van der Waals surface area contributed by atoms with E-state index in [-0.39, 0.29) is 24.1 Å². The second-order valence-corrected chi connectivity index (χ2v) is 10.8. The van der Waals surface area contributed by atoms with Crippen molar-refractivity contribution >= 4 is 29.2 Å². The number of benzene rings is 4. The van der Waals surface area contributed by atoms with E-state index in [1.807, 2.05) is 83.9 Å². The number of carbonyl (C=O) groups is 3. The lowest BCUT2D eigenvalue weighted by Crippen LogP contribution is -2.49. The smallest absolute Gasteiger partial charge is 0.238 e. The van der Waals surface area contributed by atoms with Gasteiger partial charge in [-0.2, -0.15) is 0 Å². The molecule has 3 heterocycles. The Kier molecular flexibility index (Phi) is 6.12. The van der Waals surface area contributed by atoms with Gasteiger partial charge in [0.05, 0.1) is 17.5 Å². The summed E-state index contributed by atoms with van der Waals surface area (Å²) in [5, 5.41) is 3.08. The molecule has 0 bridgehead atoms. The minimum Gasteiger partial charge on any atom is -0.489 e. The molecule has 0 saturated carbocycles. The lowest BCUT2D eigenvalue weighted by Gasteiger charge is -2.38. The van der Waals surface area contributed by atoms with Crippen LogP contribution < -0.4 is 10.1 Å². The van der Waals surface area contributed by atoms with E-state index in [4.69, 9.17) is 4.74 Å². The number of ketones is 2. The number of Topliss-reactive ketones (excluding diaryl/α,β-unsaturated/α-hetero) is 2. The molecule has 206 valence electrons. The number of anilines is 1. The first-order valence-electron chi connectivity index (χ1n) is 14.0. The zero-order chi connectivity index (χ0) is 28.8. The molecule has 3 aliphatic rings. The van der Waals surface area contributed by atoms with Crippen molar-refractivity contribution < 1.29 is 19.1 Å². The van der Waals surface area contributed by atoms with Crippen LogP contribution in [0.1, 0.15) is 43.4 Å². The second-order valence-electron chi connectivity index (χ2n) is 10.8. The lowest BCUT2D eigenvalue weighted by molar-refractivity contribution is -0.122. The summed E-state index contributed by atoms with van der Waals surface area (Å²) in [6, 6.07) is 29.8. The highest BCUT2D eigenvalue weighted by atomic mass is 16.5. The largest absolute Gasteiger partial charge is 0.489 e. The molecule has 0 unspecified atom stereocenters. The fourth-order valence-electron chi connectivity index (χ4n) is 7.05. The first-order valence-corrected chi connectivity index (χ1v) is 14.0. The Morgan fingerprint density at radius 3 is 2.43 bits per heavy atom. The Morgan fingerprint density at radius 2 is 1.60 bits per heavy atom. The van der Waals surface area contributed by atoms with E-state index in [9.17, 15) is 9.59 Å². The van der Waals surface area contributed by atoms with E-state index in [1.165, 1.54) is 0 Å². The third-order valence-corrected chi connectivity index (χ3v) is 8.69. The minimum absolute atomic E-state index is 0.209. The summed E-state index contributed by atoms with van der Waals surface area (Å²) in [5.41, 5.74) is 2.61. The number of rotatable bonds is 7. The number of hydrogen-bond acceptors (Lipinski definition) is 5. The van der Waals surface area contributed by atoms with Crippen LogP contribution in [-0.2, 0) is 10.2 Å². The van der Waals surface area contributed by atoms with Crippen molar-refractivity contribution in [1.82, 2.24) is 4.90 Å². The van der Waals surface area contributed by atoms with Crippen molar-refractivity contribution in [2.75, 3.05) is 11.9 Å². The zero-order valence-electron chi connectivity index (χ0n) is 22.8. The van der Waals surface area contributed by atoms with Crippen molar-refractivity contribution in [2.24, 2.45) is 5.92 Å². The number of para-hydroxylation sites is 2. The second kappa shape index (κ2) is 10.00. The van der Waals surface area contributed by atoms with Crippen LogP contribution >= 0.6 is 0 Å². The molecule has 4 aromatic rings. The molecule has 7 rings (SSSR count). The van der Waals surface area contributed by atoms with Gasteiger partial charge in [0.1, 0.15) is 23.8 Å². The zero-order valence-corrected chi connectivity index (χ0v) is 22.8. The van der Waals surface area contributed by atoms with Crippen LogP contribution in [0, 0.1) is 5.92 Å². The summed E-state index contributed by atoms with van der Waals surface area (Å²) < 4.78 is 5.92. The molecular weight excluding hydrogens is 524 g/mol. The van der Waals surface area contributed by atoms with E-state index in [0.717, 1.165) is 11.1 Å². The number of nitrogens with one attached hydrogen (secondary N) is 1. The number of hydrogen-bond donors (Lipinski definition) is 1. The molecule has 0 aromatic heterocycles. The molecule has 4 atom stereocenters. The standard InChI is InChI=1S/C36H28N2O4/c1-2-22-42-29-19-11-8-16-26(29)33(40)30-31(32(39)24-13-4-3-5-14-24)38-21-20-23-12-6-7-15-25(23)34(38)36(30)27-17-9-10-18-28(27)37-35(36)41/h2-21,30-31,34H,1,22H2,(H,37,41)/t30-,31-,34+,36+/m0/s1. The topological polar surface area (TPSA) is 75.7 Å². The fraction of sp³-hybridized carbons (Fsp3) is 0.139.